The average Bonchev–Trinajstić information content (AvgIpc) is 2.29. The van der Waals surface area contributed by atoms with Crippen molar-refractivity contribution < 1.29 is 9.47 Å². The van der Waals surface area contributed by atoms with Gasteiger partial charge in [0.05, 0.1) is 13.2 Å². The van der Waals surface area contributed by atoms with Crippen LogP contribution < -0.4 is 0 Å². The Kier molecular flexibility index (Phi) is 5.46. The zero-order valence-electron chi connectivity index (χ0n) is 8.85. The van der Waals surface area contributed by atoms with Gasteiger partial charge in [-0.05, 0) is 5.56 Å². The van der Waals surface area contributed by atoms with Crippen molar-refractivity contribution in [3.8, 4) is 0 Å². The minimum Gasteiger partial charge on any atom is -0.374 e. The molecule has 1 unspecified atom stereocenters. The van der Waals surface area contributed by atoms with Gasteiger partial charge < -0.3 is 14.3 Å². The molecule has 1 rings (SSSR count). The van der Waals surface area contributed by atoms with E-state index in [1.807, 2.05) is 30.3 Å². The number of hydrogen-bond acceptors (Lipinski definition) is 2. The van der Waals surface area contributed by atoms with Gasteiger partial charge >= 0.3 is 0 Å². The molecular formula is C12H15NO2. The van der Waals surface area contributed by atoms with Gasteiger partial charge in [0.25, 0.3) is 0 Å². The normalized spacial score (nSPS) is 12.0. The van der Waals surface area contributed by atoms with E-state index in [9.17, 15) is 0 Å². The Morgan fingerprint density at radius 3 is 2.67 bits per heavy atom. The maximum atomic E-state index is 6.73. The van der Waals surface area contributed by atoms with Gasteiger partial charge in [-0.3, -0.25) is 0 Å². The SMILES string of the molecule is [C-]#[N+]CC(COCc1ccccc1)OC. The first-order valence-corrected chi connectivity index (χ1v) is 4.84. The molecule has 0 aliphatic carbocycles. The van der Waals surface area contributed by atoms with E-state index >= 15 is 0 Å². The second kappa shape index (κ2) is 6.99. The lowest BCUT2D eigenvalue weighted by Gasteiger charge is -2.09. The number of ether oxygens (including phenoxy) is 2. The summed E-state index contributed by atoms with van der Waals surface area (Å²) in [7, 11) is 1.60. The van der Waals surface area contributed by atoms with Gasteiger partial charge in [0.15, 0.2) is 6.10 Å². The standard InChI is InChI=1S/C12H15NO2/c1-13-8-12(14-2)10-15-9-11-6-4-3-5-7-11/h3-7,12H,8-10H2,2H3. The van der Waals surface area contributed by atoms with Crippen LogP contribution in [0.1, 0.15) is 5.56 Å². The maximum absolute atomic E-state index is 6.73. The molecule has 0 saturated heterocycles. The third-order valence-corrected chi connectivity index (χ3v) is 2.04. The highest BCUT2D eigenvalue weighted by atomic mass is 16.5. The van der Waals surface area contributed by atoms with Gasteiger partial charge in [0.2, 0.25) is 6.54 Å². The minimum absolute atomic E-state index is 0.119. The van der Waals surface area contributed by atoms with E-state index in [0.29, 0.717) is 19.8 Å². The van der Waals surface area contributed by atoms with Crippen molar-refractivity contribution in [2.24, 2.45) is 0 Å². The first-order valence-electron chi connectivity index (χ1n) is 4.84. The van der Waals surface area contributed by atoms with Crippen LogP contribution in [0.25, 0.3) is 4.85 Å². The molecule has 0 aliphatic heterocycles. The average molecular weight is 205 g/mol. The Morgan fingerprint density at radius 2 is 2.07 bits per heavy atom. The fraction of sp³-hybridized carbons (Fsp3) is 0.417. The Bertz CT molecular complexity index is 305. The van der Waals surface area contributed by atoms with Crippen molar-refractivity contribution in [2.45, 2.75) is 12.7 Å². The molecule has 0 aromatic heterocycles. The zero-order valence-corrected chi connectivity index (χ0v) is 8.85. The molecule has 0 aliphatic rings. The molecule has 0 N–H and O–H groups in total. The van der Waals surface area contributed by atoms with E-state index in [-0.39, 0.29) is 6.10 Å². The van der Waals surface area contributed by atoms with Crippen LogP contribution in [0.2, 0.25) is 0 Å². The van der Waals surface area contributed by atoms with E-state index in [2.05, 4.69) is 4.85 Å². The van der Waals surface area contributed by atoms with E-state index in [1.165, 1.54) is 0 Å². The lowest BCUT2D eigenvalue weighted by atomic mass is 10.2. The third-order valence-electron chi connectivity index (χ3n) is 2.04. The third kappa shape index (κ3) is 4.59. The topological polar surface area (TPSA) is 22.8 Å². The summed E-state index contributed by atoms with van der Waals surface area (Å²) in [4.78, 5) is 3.28. The highest BCUT2D eigenvalue weighted by molar-refractivity contribution is 5.13. The van der Waals surface area contributed by atoms with E-state index < -0.39 is 0 Å². The summed E-state index contributed by atoms with van der Waals surface area (Å²) in [6.07, 6.45) is -0.119. The van der Waals surface area contributed by atoms with Crippen molar-refractivity contribution in [2.75, 3.05) is 20.3 Å². The lowest BCUT2D eigenvalue weighted by Crippen LogP contribution is -2.20. The first kappa shape index (κ1) is 11.7. The Hall–Kier alpha value is -1.37. The van der Waals surface area contributed by atoms with Crippen LogP contribution in [-0.4, -0.2) is 26.4 Å². The summed E-state index contributed by atoms with van der Waals surface area (Å²) in [5, 5.41) is 0. The summed E-state index contributed by atoms with van der Waals surface area (Å²) in [5.74, 6) is 0. The second-order valence-electron chi connectivity index (χ2n) is 3.20. The molecule has 0 saturated carbocycles. The fourth-order valence-electron chi connectivity index (χ4n) is 1.18. The highest BCUT2D eigenvalue weighted by Gasteiger charge is 2.09. The van der Waals surface area contributed by atoms with Crippen LogP contribution in [0, 0.1) is 6.57 Å². The van der Waals surface area contributed by atoms with E-state index in [1.54, 1.807) is 7.11 Å². The fourth-order valence-corrected chi connectivity index (χ4v) is 1.18. The zero-order chi connectivity index (χ0) is 10.9. The summed E-state index contributed by atoms with van der Waals surface area (Å²) in [6, 6.07) is 9.95. The summed E-state index contributed by atoms with van der Waals surface area (Å²) >= 11 is 0. The van der Waals surface area contributed by atoms with Crippen molar-refractivity contribution in [1.29, 1.82) is 0 Å². The smallest absolute Gasteiger partial charge is 0.242 e. The van der Waals surface area contributed by atoms with Crippen LogP contribution >= 0.6 is 0 Å². The van der Waals surface area contributed by atoms with Crippen molar-refractivity contribution in [3.05, 3.63) is 47.3 Å². The summed E-state index contributed by atoms with van der Waals surface area (Å²) in [5.41, 5.74) is 1.13. The van der Waals surface area contributed by atoms with Gasteiger partial charge in [0, 0.05) is 7.11 Å². The van der Waals surface area contributed by atoms with E-state index in [0.717, 1.165) is 5.56 Å². The highest BCUT2D eigenvalue weighted by Crippen LogP contribution is 2.02. The molecule has 1 atom stereocenters. The maximum Gasteiger partial charge on any atom is 0.242 e. The number of rotatable bonds is 6. The largest absolute Gasteiger partial charge is 0.374 e. The van der Waals surface area contributed by atoms with Crippen molar-refractivity contribution >= 4 is 0 Å². The number of nitrogens with zero attached hydrogens (tertiary/aromatic N) is 1. The predicted molar refractivity (Wildman–Crippen MR) is 58.4 cm³/mol. The molecule has 3 nitrogen and oxygen atoms in total. The van der Waals surface area contributed by atoms with Gasteiger partial charge in [0.1, 0.15) is 0 Å². The monoisotopic (exact) mass is 205 g/mol. The van der Waals surface area contributed by atoms with Crippen LogP contribution in [0.4, 0.5) is 0 Å². The van der Waals surface area contributed by atoms with Gasteiger partial charge in [-0.25, -0.2) is 6.57 Å². The number of hydrogen-bond donors (Lipinski definition) is 0. The molecule has 1 aromatic carbocycles. The van der Waals surface area contributed by atoms with Crippen molar-refractivity contribution in [3.63, 3.8) is 0 Å². The van der Waals surface area contributed by atoms with Gasteiger partial charge in [-0.15, -0.1) is 0 Å². The molecule has 15 heavy (non-hydrogen) atoms. The number of benzene rings is 1. The molecule has 0 fully saturated rings. The van der Waals surface area contributed by atoms with Gasteiger partial charge in [-0.1, -0.05) is 30.3 Å². The molecule has 3 heteroatoms. The van der Waals surface area contributed by atoms with E-state index in [4.69, 9.17) is 16.0 Å². The molecule has 80 valence electrons. The summed E-state index contributed by atoms with van der Waals surface area (Å²) < 4.78 is 10.5. The predicted octanol–water partition coefficient (Wildman–Crippen LogP) is 2.14. The van der Waals surface area contributed by atoms with Crippen molar-refractivity contribution in [1.82, 2.24) is 0 Å². The summed E-state index contributed by atoms with van der Waals surface area (Å²) in [6.45, 7) is 8.11. The molecule has 0 spiro atoms. The number of methoxy groups -OCH3 is 1. The lowest BCUT2D eigenvalue weighted by molar-refractivity contribution is 0.0104. The van der Waals surface area contributed by atoms with Crippen LogP contribution in [0.15, 0.2) is 30.3 Å². The molecule has 0 amide bonds. The second-order valence-corrected chi connectivity index (χ2v) is 3.20. The Morgan fingerprint density at radius 1 is 1.33 bits per heavy atom. The van der Waals surface area contributed by atoms with Crippen LogP contribution in [-0.2, 0) is 16.1 Å². The quantitative estimate of drug-likeness (QED) is 0.664. The van der Waals surface area contributed by atoms with Gasteiger partial charge in [-0.2, -0.15) is 0 Å². The Balaban J connectivity index is 2.24. The van der Waals surface area contributed by atoms with Crippen LogP contribution in [0.3, 0.4) is 0 Å². The molecule has 0 radical (unpaired) electrons. The van der Waals surface area contributed by atoms with Crippen LogP contribution in [0.5, 0.6) is 0 Å². The molecule has 0 bridgehead atoms. The minimum atomic E-state index is -0.119. The Labute approximate surface area is 90.5 Å². The molecule has 1 aromatic rings. The molecule has 0 heterocycles. The first-order chi connectivity index (χ1) is 7.36. The molecular weight excluding hydrogens is 190 g/mol.